The molecule has 0 aliphatic carbocycles. The molecular weight excluding hydrogens is 238 g/mol. The largest absolute Gasteiger partial charge is 0.389 e. The Hall–Kier alpha value is -1.63. The van der Waals surface area contributed by atoms with E-state index in [9.17, 15) is 4.79 Å². The van der Waals surface area contributed by atoms with Gasteiger partial charge in [-0.05, 0) is 6.42 Å². The number of nitrogens with one attached hydrogen (secondary N) is 2. The van der Waals surface area contributed by atoms with Crippen LogP contribution in [0.4, 0.5) is 10.6 Å². The van der Waals surface area contributed by atoms with Crippen molar-refractivity contribution >= 4 is 29.1 Å². The van der Waals surface area contributed by atoms with E-state index in [1.165, 1.54) is 10.9 Å². The van der Waals surface area contributed by atoms with Gasteiger partial charge in [0, 0.05) is 13.6 Å². The number of nitrogens with zero attached hydrogens (tertiary/aromatic N) is 2. The van der Waals surface area contributed by atoms with Gasteiger partial charge in [0.05, 0.1) is 11.8 Å². The molecule has 17 heavy (non-hydrogen) atoms. The minimum atomic E-state index is -0.278. The van der Waals surface area contributed by atoms with Crippen molar-refractivity contribution in [3.05, 3.63) is 11.8 Å². The lowest BCUT2D eigenvalue weighted by Gasteiger charge is -2.08. The van der Waals surface area contributed by atoms with Crippen LogP contribution in [0.15, 0.2) is 6.20 Å². The van der Waals surface area contributed by atoms with Crippen molar-refractivity contribution in [2.45, 2.75) is 19.8 Å². The fraction of sp³-hybridized carbons (Fsp3) is 0.500. The minimum Gasteiger partial charge on any atom is -0.389 e. The fourth-order valence-corrected chi connectivity index (χ4v) is 1.45. The van der Waals surface area contributed by atoms with Crippen LogP contribution in [-0.4, -0.2) is 27.3 Å². The Morgan fingerprint density at radius 2 is 2.35 bits per heavy atom. The average Bonchev–Trinajstić information content (AvgIpc) is 2.61. The van der Waals surface area contributed by atoms with Gasteiger partial charge in [0.2, 0.25) is 0 Å². The summed E-state index contributed by atoms with van der Waals surface area (Å²) in [6.07, 6.45) is 3.51. The summed E-state index contributed by atoms with van der Waals surface area (Å²) in [7, 11) is 1.71. The Labute approximate surface area is 106 Å². The molecule has 0 unspecified atom stereocenters. The first-order chi connectivity index (χ1) is 8.06. The molecule has 94 valence electrons. The van der Waals surface area contributed by atoms with E-state index in [0.29, 0.717) is 17.9 Å². The van der Waals surface area contributed by atoms with E-state index < -0.39 is 0 Å². The van der Waals surface area contributed by atoms with Crippen molar-refractivity contribution in [3.63, 3.8) is 0 Å². The number of thiocarbonyl (C=S) groups is 1. The van der Waals surface area contributed by atoms with Crippen LogP contribution in [0.1, 0.15) is 25.3 Å². The second-order valence-electron chi connectivity index (χ2n) is 3.63. The number of hydrogen-bond acceptors (Lipinski definition) is 3. The number of unbranched alkanes of at least 4 members (excludes halogenated alkanes) is 1. The maximum absolute atomic E-state index is 11.6. The van der Waals surface area contributed by atoms with Crippen LogP contribution in [0, 0.1) is 0 Å². The Bertz CT molecular complexity index is 415. The summed E-state index contributed by atoms with van der Waals surface area (Å²) in [4.78, 5) is 11.8. The molecule has 4 N–H and O–H groups in total. The first-order valence-electron chi connectivity index (χ1n) is 5.43. The number of aromatic nitrogens is 2. The van der Waals surface area contributed by atoms with E-state index in [1.807, 2.05) is 0 Å². The Morgan fingerprint density at radius 1 is 1.65 bits per heavy atom. The van der Waals surface area contributed by atoms with Crippen molar-refractivity contribution in [3.8, 4) is 0 Å². The molecule has 0 atom stereocenters. The molecule has 0 saturated carbocycles. The zero-order valence-electron chi connectivity index (χ0n) is 9.99. The summed E-state index contributed by atoms with van der Waals surface area (Å²) in [6, 6.07) is -0.278. The van der Waals surface area contributed by atoms with E-state index in [-0.39, 0.29) is 11.0 Å². The zero-order valence-corrected chi connectivity index (χ0v) is 10.8. The van der Waals surface area contributed by atoms with Crippen LogP contribution in [-0.2, 0) is 7.05 Å². The second kappa shape index (κ2) is 6.19. The van der Waals surface area contributed by atoms with Crippen LogP contribution < -0.4 is 16.4 Å². The molecule has 0 bridgehead atoms. The highest BCUT2D eigenvalue weighted by molar-refractivity contribution is 7.80. The summed E-state index contributed by atoms with van der Waals surface area (Å²) < 4.78 is 1.52. The van der Waals surface area contributed by atoms with Gasteiger partial charge in [-0.2, -0.15) is 5.10 Å². The third-order valence-electron chi connectivity index (χ3n) is 2.25. The van der Waals surface area contributed by atoms with E-state index in [1.54, 1.807) is 7.05 Å². The first kappa shape index (κ1) is 13.4. The predicted octanol–water partition coefficient (Wildman–Crippen LogP) is 0.976. The number of hydrogen-bond donors (Lipinski definition) is 3. The lowest BCUT2D eigenvalue weighted by molar-refractivity contribution is 0.251. The molecule has 1 aromatic rings. The van der Waals surface area contributed by atoms with Crippen LogP contribution in [0.3, 0.4) is 0 Å². The molecule has 2 amide bonds. The van der Waals surface area contributed by atoms with Gasteiger partial charge in [0.15, 0.2) is 0 Å². The third-order valence-corrected chi connectivity index (χ3v) is 2.47. The summed E-state index contributed by atoms with van der Waals surface area (Å²) in [5, 5.41) is 9.42. The molecule has 0 fully saturated rings. The highest BCUT2D eigenvalue weighted by Crippen LogP contribution is 2.13. The smallest absolute Gasteiger partial charge is 0.320 e. The van der Waals surface area contributed by atoms with E-state index in [2.05, 4.69) is 22.7 Å². The molecule has 1 heterocycles. The summed E-state index contributed by atoms with van der Waals surface area (Å²) in [5.41, 5.74) is 6.09. The second-order valence-corrected chi connectivity index (χ2v) is 4.07. The van der Waals surface area contributed by atoms with Gasteiger partial charge >= 0.3 is 6.03 Å². The number of nitrogens with two attached hydrogens (primary N) is 1. The fourth-order valence-electron chi connectivity index (χ4n) is 1.30. The highest BCUT2D eigenvalue weighted by atomic mass is 32.1. The number of urea groups is 1. The van der Waals surface area contributed by atoms with Gasteiger partial charge in [0.1, 0.15) is 10.8 Å². The van der Waals surface area contributed by atoms with Crippen LogP contribution in [0.25, 0.3) is 0 Å². The van der Waals surface area contributed by atoms with E-state index in [0.717, 1.165) is 12.8 Å². The maximum Gasteiger partial charge on any atom is 0.320 e. The Balaban J connectivity index is 2.64. The summed E-state index contributed by atoms with van der Waals surface area (Å²) in [5.74, 6) is 0.506. The Kier molecular flexibility index (Phi) is 4.89. The number of carbonyl (C=O) groups is 1. The van der Waals surface area contributed by atoms with Crippen molar-refractivity contribution in [1.29, 1.82) is 0 Å². The third kappa shape index (κ3) is 3.70. The van der Waals surface area contributed by atoms with E-state index in [4.69, 9.17) is 18.0 Å². The number of carbonyl (C=O) groups excluding carboxylic acids is 1. The average molecular weight is 255 g/mol. The summed E-state index contributed by atoms with van der Waals surface area (Å²) >= 11 is 4.87. The number of rotatable bonds is 5. The van der Waals surface area contributed by atoms with Gasteiger partial charge < -0.3 is 11.1 Å². The first-order valence-corrected chi connectivity index (χ1v) is 5.83. The number of anilines is 1. The molecule has 0 aliphatic rings. The predicted molar refractivity (Wildman–Crippen MR) is 71.0 cm³/mol. The van der Waals surface area contributed by atoms with Gasteiger partial charge in [-0.3, -0.25) is 10.00 Å². The molecule has 1 rings (SSSR count). The minimum absolute atomic E-state index is 0.210. The molecular formula is C10H17N5OS. The molecule has 0 saturated heterocycles. The SMILES string of the molecule is CCCCNC(=O)Nc1c(C(N)=S)cnn1C. The highest BCUT2D eigenvalue weighted by Gasteiger charge is 2.13. The number of aryl methyl sites for hydroxylation is 1. The molecule has 0 aromatic carbocycles. The molecule has 0 aliphatic heterocycles. The lowest BCUT2D eigenvalue weighted by Crippen LogP contribution is -2.31. The van der Waals surface area contributed by atoms with Crippen LogP contribution >= 0.6 is 12.2 Å². The molecule has 0 radical (unpaired) electrons. The normalized spacial score (nSPS) is 10.0. The molecule has 1 aromatic heterocycles. The van der Waals surface area contributed by atoms with Gasteiger partial charge in [-0.15, -0.1) is 0 Å². The van der Waals surface area contributed by atoms with Crippen molar-refractivity contribution in [1.82, 2.24) is 15.1 Å². The quantitative estimate of drug-likeness (QED) is 0.541. The topological polar surface area (TPSA) is 85.0 Å². The van der Waals surface area contributed by atoms with E-state index >= 15 is 0 Å². The van der Waals surface area contributed by atoms with Gasteiger partial charge in [-0.1, -0.05) is 25.6 Å². The van der Waals surface area contributed by atoms with Crippen molar-refractivity contribution < 1.29 is 4.79 Å². The standard InChI is InChI=1S/C10H17N5OS/c1-3-4-5-12-10(16)14-9-7(8(11)17)6-13-15(9)2/h6H,3-5H2,1-2H3,(H2,11,17)(H2,12,14,16). The van der Waals surface area contributed by atoms with Crippen LogP contribution in [0.5, 0.6) is 0 Å². The number of amides is 2. The molecule has 7 heteroatoms. The summed E-state index contributed by atoms with van der Waals surface area (Å²) in [6.45, 7) is 2.70. The Morgan fingerprint density at radius 3 is 2.94 bits per heavy atom. The van der Waals surface area contributed by atoms with Gasteiger partial charge in [0.25, 0.3) is 0 Å². The molecule has 0 spiro atoms. The monoisotopic (exact) mass is 255 g/mol. The lowest BCUT2D eigenvalue weighted by atomic mass is 10.3. The van der Waals surface area contributed by atoms with Crippen LogP contribution in [0.2, 0.25) is 0 Å². The van der Waals surface area contributed by atoms with Gasteiger partial charge in [-0.25, -0.2) is 4.79 Å². The van der Waals surface area contributed by atoms with Crippen molar-refractivity contribution in [2.75, 3.05) is 11.9 Å². The zero-order chi connectivity index (χ0) is 12.8. The van der Waals surface area contributed by atoms with Crippen molar-refractivity contribution in [2.24, 2.45) is 12.8 Å². The molecule has 6 nitrogen and oxygen atoms in total. The maximum atomic E-state index is 11.6.